The second kappa shape index (κ2) is 7.70. The van der Waals surface area contributed by atoms with E-state index in [-0.39, 0.29) is 6.09 Å². The van der Waals surface area contributed by atoms with Gasteiger partial charge in [0, 0.05) is 26.2 Å². The van der Waals surface area contributed by atoms with Gasteiger partial charge < -0.3 is 15.0 Å². The van der Waals surface area contributed by atoms with Crippen LogP contribution in [0.5, 0.6) is 0 Å². The van der Waals surface area contributed by atoms with Crippen LogP contribution in [0.2, 0.25) is 0 Å². The van der Waals surface area contributed by atoms with Crippen molar-refractivity contribution in [3.8, 4) is 0 Å². The van der Waals surface area contributed by atoms with Crippen molar-refractivity contribution < 1.29 is 9.53 Å². The van der Waals surface area contributed by atoms with Crippen LogP contribution in [0, 0.1) is 0 Å². The van der Waals surface area contributed by atoms with Gasteiger partial charge in [0.2, 0.25) is 0 Å². The molecule has 0 aromatic carbocycles. The first-order valence-electron chi connectivity index (χ1n) is 7.33. The lowest BCUT2D eigenvalue weighted by molar-refractivity contribution is 0.0144. The van der Waals surface area contributed by atoms with Crippen LogP contribution in [-0.2, 0) is 4.74 Å². The lowest BCUT2D eigenvalue weighted by atomic mass is 10.2. The lowest BCUT2D eigenvalue weighted by Crippen LogP contribution is -2.50. The Morgan fingerprint density at radius 3 is 2.37 bits per heavy atom. The van der Waals surface area contributed by atoms with E-state index in [2.05, 4.69) is 17.1 Å². The van der Waals surface area contributed by atoms with Crippen molar-refractivity contribution in [3.63, 3.8) is 0 Å². The fourth-order valence-corrected chi connectivity index (χ4v) is 2.08. The predicted molar refractivity (Wildman–Crippen MR) is 77.4 cm³/mol. The molecule has 1 rings (SSSR count). The molecule has 1 aliphatic rings. The number of hydrogen-bond acceptors (Lipinski definition) is 4. The summed E-state index contributed by atoms with van der Waals surface area (Å²) in [6.07, 6.45) is 0.986. The van der Waals surface area contributed by atoms with E-state index < -0.39 is 5.60 Å². The van der Waals surface area contributed by atoms with E-state index in [4.69, 9.17) is 4.74 Å². The first-order valence-corrected chi connectivity index (χ1v) is 7.33. The molecule has 1 amide bonds. The van der Waals surface area contributed by atoms with E-state index in [0.29, 0.717) is 0 Å². The third-order valence-corrected chi connectivity index (χ3v) is 3.10. The summed E-state index contributed by atoms with van der Waals surface area (Å²) >= 11 is 0. The summed E-state index contributed by atoms with van der Waals surface area (Å²) in [4.78, 5) is 16.1. The molecule has 0 aromatic heterocycles. The van der Waals surface area contributed by atoms with Gasteiger partial charge in [0.05, 0.1) is 0 Å². The van der Waals surface area contributed by atoms with Crippen molar-refractivity contribution in [3.05, 3.63) is 0 Å². The number of rotatable bonds is 5. The Kier molecular flexibility index (Phi) is 6.58. The minimum Gasteiger partial charge on any atom is -0.444 e. The fraction of sp³-hybridized carbons (Fsp3) is 0.929. The summed E-state index contributed by atoms with van der Waals surface area (Å²) in [6, 6.07) is 0. The summed E-state index contributed by atoms with van der Waals surface area (Å²) in [7, 11) is 0. The Labute approximate surface area is 117 Å². The number of carbonyl (C=O) groups excluding carboxylic acids is 1. The van der Waals surface area contributed by atoms with Crippen LogP contribution in [0.4, 0.5) is 4.79 Å². The van der Waals surface area contributed by atoms with Gasteiger partial charge in [-0.05, 0) is 46.8 Å². The van der Waals surface area contributed by atoms with E-state index in [1.54, 1.807) is 0 Å². The van der Waals surface area contributed by atoms with E-state index >= 15 is 0 Å². The van der Waals surface area contributed by atoms with Crippen LogP contribution >= 0.6 is 0 Å². The minimum atomic E-state index is -0.403. The average molecular weight is 271 g/mol. The first kappa shape index (κ1) is 16.2. The Balaban J connectivity index is 2.19. The van der Waals surface area contributed by atoms with Crippen LogP contribution in [0.1, 0.15) is 34.1 Å². The molecule has 0 saturated carbocycles. The highest BCUT2D eigenvalue weighted by molar-refractivity contribution is 5.68. The van der Waals surface area contributed by atoms with Crippen LogP contribution < -0.4 is 5.32 Å². The number of amides is 1. The molecular formula is C14H29N3O2. The first-order chi connectivity index (χ1) is 8.92. The number of carbonyl (C=O) groups is 1. The molecule has 1 fully saturated rings. The highest BCUT2D eigenvalue weighted by Crippen LogP contribution is 2.11. The van der Waals surface area contributed by atoms with E-state index in [0.717, 1.165) is 45.8 Å². The molecule has 19 heavy (non-hydrogen) atoms. The Morgan fingerprint density at radius 2 is 1.84 bits per heavy atom. The van der Waals surface area contributed by atoms with Gasteiger partial charge in [0.15, 0.2) is 0 Å². The summed E-state index contributed by atoms with van der Waals surface area (Å²) in [5.41, 5.74) is -0.403. The second-order valence-electron chi connectivity index (χ2n) is 6.02. The second-order valence-corrected chi connectivity index (χ2v) is 6.02. The molecule has 0 spiro atoms. The summed E-state index contributed by atoms with van der Waals surface area (Å²) < 4.78 is 5.38. The lowest BCUT2D eigenvalue weighted by Gasteiger charge is -2.35. The average Bonchev–Trinajstić information content (AvgIpc) is 2.33. The third-order valence-electron chi connectivity index (χ3n) is 3.10. The smallest absolute Gasteiger partial charge is 0.410 e. The molecule has 112 valence electrons. The van der Waals surface area contributed by atoms with Gasteiger partial charge >= 0.3 is 6.09 Å². The van der Waals surface area contributed by atoms with Gasteiger partial charge in [-0.3, -0.25) is 4.90 Å². The van der Waals surface area contributed by atoms with Crippen LogP contribution in [-0.4, -0.2) is 67.3 Å². The summed E-state index contributed by atoms with van der Waals surface area (Å²) in [6.45, 7) is 14.5. The zero-order chi connectivity index (χ0) is 14.3. The molecule has 0 aromatic rings. The molecule has 0 radical (unpaired) electrons. The van der Waals surface area contributed by atoms with Gasteiger partial charge in [0.25, 0.3) is 0 Å². The number of nitrogens with one attached hydrogen (secondary N) is 1. The molecule has 5 nitrogen and oxygen atoms in total. The fourth-order valence-electron chi connectivity index (χ4n) is 2.08. The van der Waals surface area contributed by atoms with Crippen molar-refractivity contribution in [2.45, 2.75) is 39.7 Å². The van der Waals surface area contributed by atoms with Crippen molar-refractivity contribution in [1.82, 2.24) is 15.1 Å². The molecule has 1 saturated heterocycles. The molecule has 0 bridgehead atoms. The topological polar surface area (TPSA) is 44.8 Å². The highest BCUT2D eigenvalue weighted by atomic mass is 16.6. The monoisotopic (exact) mass is 271 g/mol. The van der Waals surface area contributed by atoms with Crippen LogP contribution in [0.25, 0.3) is 0 Å². The zero-order valence-electron chi connectivity index (χ0n) is 12.9. The quantitative estimate of drug-likeness (QED) is 0.770. The maximum absolute atomic E-state index is 11.9. The largest absolute Gasteiger partial charge is 0.444 e. The van der Waals surface area contributed by atoms with Crippen molar-refractivity contribution in [1.29, 1.82) is 0 Å². The van der Waals surface area contributed by atoms with E-state index in [1.165, 1.54) is 6.42 Å². The number of hydrogen-bond donors (Lipinski definition) is 1. The maximum atomic E-state index is 11.9. The highest BCUT2D eigenvalue weighted by Gasteiger charge is 2.25. The normalized spacial score (nSPS) is 17.6. The van der Waals surface area contributed by atoms with E-state index in [1.807, 2.05) is 25.7 Å². The number of piperazine rings is 1. The van der Waals surface area contributed by atoms with Crippen LogP contribution in [0.15, 0.2) is 0 Å². The molecular weight excluding hydrogens is 242 g/mol. The summed E-state index contributed by atoms with van der Waals surface area (Å²) in [5, 5.41) is 3.33. The van der Waals surface area contributed by atoms with Crippen molar-refractivity contribution in [2.24, 2.45) is 0 Å². The van der Waals surface area contributed by atoms with Gasteiger partial charge in [0.1, 0.15) is 5.60 Å². The molecule has 0 unspecified atom stereocenters. The molecule has 1 aliphatic heterocycles. The number of nitrogens with zero attached hydrogens (tertiary/aromatic N) is 2. The van der Waals surface area contributed by atoms with Gasteiger partial charge in [-0.2, -0.15) is 0 Å². The van der Waals surface area contributed by atoms with E-state index in [9.17, 15) is 4.79 Å². The molecule has 0 atom stereocenters. The molecule has 1 N–H and O–H groups in total. The summed E-state index contributed by atoms with van der Waals surface area (Å²) in [5.74, 6) is 0. The van der Waals surface area contributed by atoms with Gasteiger partial charge in [-0.1, -0.05) is 6.92 Å². The van der Waals surface area contributed by atoms with Crippen LogP contribution in [0.3, 0.4) is 0 Å². The SMILES string of the molecule is CCNCCCN1CCN(C(=O)OC(C)(C)C)CC1. The minimum absolute atomic E-state index is 0.181. The predicted octanol–water partition coefficient (Wildman–Crippen LogP) is 1.54. The Hall–Kier alpha value is -0.810. The molecule has 5 heteroatoms. The maximum Gasteiger partial charge on any atom is 0.410 e. The van der Waals surface area contributed by atoms with Crippen molar-refractivity contribution >= 4 is 6.09 Å². The van der Waals surface area contributed by atoms with Gasteiger partial charge in [-0.15, -0.1) is 0 Å². The Bertz CT molecular complexity index is 268. The Morgan fingerprint density at radius 1 is 1.21 bits per heavy atom. The number of ether oxygens (including phenoxy) is 1. The van der Waals surface area contributed by atoms with Crippen molar-refractivity contribution in [2.75, 3.05) is 45.8 Å². The molecule has 0 aliphatic carbocycles. The standard InChI is InChI=1S/C14H29N3O2/c1-5-15-7-6-8-16-9-11-17(12-10-16)13(18)19-14(2,3)4/h15H,5-12H2,1-4H3. The van der Waals surface area contributed by atoms with Gasteiger partial charge in [-0.25, -0.2) is 4.79 Å². The third kappa shape index (κ3) is 6.78. The molecule has 1 heterocycles. The zero-order valence-corrected chi connectivity index (χ0v) is 12.9.